The van der Waals surface area contributed by atoms with Crippen LogP contribution in [-0.2, 0) is 17.6 Å². The SMILES string of the molecule is CCc1ccc(CC(=O)NC2CC(N)C23CCC3)nc1. The van der Waals surface area contributed by atoms with Crippen molar-refractivity contribution in [3.63, 3.8) is 0 Å². The maximum Gasteiger partial charge on any atom is 0.226 e. The molecule has 2 aliphatic carbocycles. The highest BCUT2D eigenvalue weighted by Crippen LogP contribution is 2.54. The van der Waals surface area contributed by atoms with Crippen LogP contribution < -0.4 is 11.1 Å². The van der Waals surface area contributed by atoms with Gasteiger partial charge in [0.05, 0.1) is 6.42 Å². The lowest BCUT2D eigenvalue weighted by Crippen LogP contribution is -2.70. The fourth-order valence-corrected chi connectivity index (χ4v) is 3.51. The average molecular weight is 273 g/mol. The fraction of sp³-hybridized carbons (Fsp3) is 0.625. The predicted octanol–water partition coefficient (Wildman–Crippen LogP) is 1.57. The number of aromatic nitrogens is 1. The maximum atomic E-state index is 12.1. The van der Waals surface area contributed by atoms with Crippen molar-refractivity contribution in [2.24, 2.45) is 11.1 Å². The van der Waals surface area contributed by atoms with Gasteiger partial charge in [-0.25, -0.2) is 0 Å². The van der Waals surface area contributed by atoms with Gasteiger partial charge in [-0.1, -0.05) is 19.4 Å². The number of rotatable bonds is 4. The number of carbonyl (C=O) groups excluding carboxylic acids is 1. The van der Waals surface area contributed by atoms with Crippen LogP contribution in [0.25, 0.3) is 0 Å². The lowest BCUT2D eigenvalue weighted by atomic mass is 9.50. The van der Waals surface area contributed by atoms with Crippen molar-refractivity contribution in [2.75, 3.05) is 0 Å². The zero-order valence-electron chi connectivity index (χ0n) is 12.1. The van der Waals surface area contributed by atoms with E-state index in [1.807, 2.05) is 18.3 Å². The lowest BCUT2D eigenvalue weighted by molar-refractivity contribution is -0.127. The first-order valence-electron chi connectivity index (χ1n) is 7.63. The van der Waals surface area contributed by atoms with Crippen LogP contribution in [0.3, 0.4) is 0 Å². The Hall–Kier alpha value is -1.42. The number of hydrogen-bond acceptors (Lipinski definition) is 3. The van der Waals surface area contributed by atoms with Crippen LogP contribution in [-0.4, -0.2) is 23.0 Å². The van der Waals surface area contributed by atoms with E-state index in [4.69, 9.17) is 5.73 Å². The summed E-state index contributed by atoms with van der Waals surface area (Å²) in [5, 5.41) is 3.16. The van der Waals surface area contributed by atoms with Gasteiger partial charge in [-0.3, -0.25) is 9.78 Å². The Morgan fingerprint density at radius 2 is 2.30 bits per heavy atom. The van der Waals surface area contributed by atoms with Crippen molar-refractivity contribution in [3.8, 4) is 0 Å². The molecule has 0 saturated heterocycles. The highest BCUT2D eigenvalue weighted by molar-refractivity contribution is 5.78. The summed E-state index contributed by atoms with van der Waals surface area (Å²) < 4.78 is 0. The zero-order valence-corrected chi connectivity index (χ0v) is 12.1. The van der Waals surface area contributed by atoms with E-state index in [1.54, 1.807) is 0 Å². The Bertz CT molecular complexity index is 493. The van der Waals surface area contributed by atoms with Crippen molar-refractivity contribution in [1.82, 2.24) is 10.3 Å². The number of pyridine rings is 1. The molecule has 4 heteroatoms. The minimum atomic E-state index is 0.0740. The average Bonchev–Trinajstić information content (AvgIpc) is 2.37. The van der Waals surface area contributed by atoms with Crippen molar-refractivity contribution in [3.05, 3.63) is 29.6 Å². The molecule has 1 heterocycles. The Kier molecular flexibility index (Phi) is 3.50. The van der Waals surface area contributed by atoms with Crippen LogP contribution in [0.4, 0.5) is 0 Å². The molecule has 0 radical (unpaired) electrons. The van der Waals surface area contributed by atoms with Gasteiger partial charge in [0.1, 0.15) is 0 Å². The van der Waals surface area contributed by atoms with Gasteiger partial charge in [0.2, 0.25) is 5.91 Å². The van der Waals surface area contributed by atoms with Gasteiger partial charge in [0, 0.05) is 29.4 Å². The van der Waals surface area contributed by atoms with E-state index in [2.05, 4.69) is 17.2 Å². The number of nitrogens with zero attached hydrogens (tertiary/aromatic N) is 1. The van der Waals surface area contributed by atoms with Gasteiger partial charge in [0.15, 0.2) is 0 Å². The van der Waals surface area contributed by atoms with Gasteiger partial charge in [-0.05, 0) is 37.3 Å². The fourth-order valence-electron chi connectivity index (χ4n) is 3.51. The number of amides is 1. The normalized spacial score (nSPS) is 26.7. The molecule has 108 valence electrons. The molecule has 2 fully saturated rings. The highest BCUT2D eigenvalue weighted by atomic mass is 16.1. The summed E-state index contributed by atoms with van der Waals surface area (Å²) in [6.45, 7) is 2.10. The molecule has 4 nitrogen and oxygen atoms in total. The Labute approximate surface area is 120 Å². The summed E-state index contributed by atoms with van der Waals surface area (Å²) in [6.07, 6.45) is 7.71. The van der Waals surface area contributed by atoms with E-state index in [0.717, 1.165) is 18.5 Å². The highest BCUT2D eigenvalue weighted by Gasteiger charge is 2.56. The molecular formula is C16H23N3O. The summed E-state index contributed by atoms with van der Waals surface area (Å²) in [5.74, 6) is 0.0740. The van der Waals surface area contributed by atoms with Crippen LogP contribution in [0.15, 0.2) is 18.3 Å². The summed E-state index contributed by atoms with van der Waals surface area (Å²) in [7, 11) is 0. The molecule has 3 rings (SSSR count). The summed E-state index contributed by atoms with van der Waals surface area (Å²) in [4.78, 5) is 16.5. The molecule has 2 saturated carbocycles. The van der Waals surface area contributed by atoms with E-state index >= 15 is 0 Å². The third kappa shape index (κ3) is 2.22. The molecular weight excluding hydrogens is 250 g/mol. The summed E-state index contributed by atoms with van der Waals surface area (Å²) in [5.41, 5.74) is 8.36. The van der Waals surface area contributed by atoms with E-state index in [-0.39, 0.29) is 23.4 Å². The van der Waals surface area contributed by atoms with Crippen molar-refractivity contribution in [1.29, 1.82) is 0 Å². The van der Waals surface area contributed by atoms with Gasteiger partial charge in [-0.15, -0.1) is 0 Å². The van der Waals surface area contributed by atoms with Crippen LogP contribution in [0.2, 0.25) is 0 Å². The summed E-state index contributed by atoms with van der Waals surface area (Å²) >= 11 is 0. The second kappa shape index (κ2) is 5.17. The molecule has 2 aliphatic rings. The monoisotopic (exact) mass is 273 g/mol. The predicted molar refractivity (Wildman–Crippen MR) is 78.1 cm³/mol. The molecule has 1 aromatic heterocycles. The Balaban J connectivity index is 1.54. The molecule has 1 spiro atoms. The molecule has 2 atom stereocenters. The topological polar surface area (TPSA) is 68.0 Å². The lowest BCUT2D eigenvalue weighted by Gasteiger charge is -2.60. The van der Waals surface area contributed by atoms with E-state index in [1.165, 1.54) is 24.8 Å². The number of carbonyl (C=O) groups is 1. The van der Waals surface area contributed by atoms with Gasteiger partial charge in [0.25, 0.3) is 0 Å². The van der Waals surface area contributed by atoms with Gasteiger partial charge in [-0.2, -0.15) is 0 Å². The van der Waals surface area contributed by atoms with Gasteiger partial charge >= 0.3 is 0 Å². The standard InChI is InChI=1S/C16H23N3O/c1-2-11-4-5-12(18-10-11)8-15(20)19-14-9-13(17)16(14)6-3-7-16/h4-5,10,13-14H,2-3,6-9,17H2,1H3,(H,19,20). The zero-order chi connectivity index (χ0) is 14.2. The van der Waals surface area contributed by atoms with Crippen molar-refractivity contribution in [2.45, 2.75) is 57.5 Å². The number of aryl methyl sites for hydroxylation is 1. The smallest absolute Gasteiger partial charge is 0.226 e. The molecule has 3 N–H and O–H groups in total. The first-order chi connectivity index (χ1) is 9.64. The van der Waals surface area contributed by atoms with Crippen LogP contribution in [0.5, 0.6) is 0 Å². The molecule has 0 bridgehead atoms. The Morgan fingerprint density at radius 1 is 1.50 bits per heavy atom. The Morgan fingerprint density at radius 3 is 2.80 bits per heavy atom. The maximum absolute atomic E-state index is 12.1. The third-order valence-corrected chi connectivity index (χ3v) is 5.18. The molecule has 1 aromatic rings. The van der Waals surface area contributed by atoms with Crippen molar-refractivity contribution >= 4 is 5.91 Å². The second-order valence-corrected chi connectivity index (χ2v) is 6.24. The summed E-state index contributed by atoms with van der Waals surface area (Å²) in [6, 6.07) is 4.56. The molecule has 1 amide bonds. The van der Waals surface area contributed by atoms with Crippen LogP contribution in [0.1, 0.15) is 43.9 Å². The third-order valence-electron chi connectivity index (χ3n) is 5.18. The minimum Gasteiger partial charge on any atom is -0.352 e. The number of hydrogen-bond donors (Lipinski definition) is 2. The van der Waals surface area contributed by atoms with E-state index in [0.29, 0.717) is 6.42 Å². The largest absolute Gasteiger partial charge is 0.352 e. The van der Waals surface area contributed by atoms with Crippen LogP contribution in [0, 0.1) is 5.41 Å². The first-order valence-corrected chi connectivity index (χ1v) is 7.63. The van der Waals surface area contributed by atoms with E-state index < -0.39 is 0 Å². The number of nitrogens with one attached hydrogen (secondary N) is 1. The van der Waals surface area contributed by atoms with Gasteiger partial charge < -0.3 is 11.1 Å². The number of nitrogens with two attached hydrogens (primary N) is 1. The molecule has 0 aliphatic heterocycles. The molecule has 0 aromatic carbocycles. The van der Waals surface area contributed by atoms with Crippen molar-refractivity contribution < 1.29 is 4.79 Å². The molecule has 20 heavy (non-hydrogen) atoms. The quantitative estimate of drug-likeness (QED) is 0.875. The minimum absolute atomic E-state index is 0.0740. The second-order valence-electron chi connectivity index (χ2n) is 6.24. The van der Waals surface area contributed by atoms with Crippen LogP contribution >= 0.6 is 0 Å². The van der Waals surface area contributed by atoms with E-state index in [9.17, 15) is 4.79 Å². The molecule has 2 unspecified atom stereocenters. The first kappa shape index (κ1) is 13.6.